The van der Waals surface area contributed by atoms with Crippen LogP contribution < -0.4 is 9.47 Å². The molecule has 0 saturated carbocycles. The highest BCUT2D eigenvalue weighted by atomic mass is 35.5. The van der Waals surface area contributed by atoms with E-state index in [-0.39, 0.29) is 6.10 Å². The van der Waals surface area contributed by atoms with Gasteiger partial charge in [0.05, 0.1) is 17.2 Å². The second kappa shape index (κ2) is 9.57. The summed E-state index contributed by atoms with van der Waals surface area (Å²) in [5, 5.41) is 0.680. The zero-order valence-electron chi connectivity index (χ0n) is 19.0. The first kappa shape index (κ1) is 22.0. The molecule has 0 bridgehead atoms. The van der Waals surface area contributed by atoms with Crippen LogP contribution in [0, 0.1) is 0 Å². The van der Waals surface area contributed by atoms with Crippen molar-refractivity contribution in [1.82, 2.24) is 15.0 Å². The Labute approximate surface area is 203 Å². The molecule has 1 N–H and O–H groups in total. The van der Waals surface area contributed by atoms with Crippen molar-refractivity contribution in [1.29, 1.82) is 0 Å². The molecule has 0 aliphatic heterocycles. The molecule has 0 aliphatic carbocycles. The second-order valence-electron chi connectivity index (χ2n) is 8.26. The van der Waals surface area contributed by atoms with Crippen LogP contribution >= 0.6 is 11.6 Å². The molecule has 0 atom stereocenters. The fourth-order valence-corrected chi connectivity index (χ4v) is 4.00. The maximum Gasteiger partial charge on any atom is 0.178 e. The molecule has 34 heavy (non-hydrogen) atoms. The third-order valence-corrected chi connectivity index (χ3v) is 5.67. The Hall–Kier alpha value is -3.83. The highest BCUT2D eigenvalue weighted by Crippen LogP contribution is 2.35. The summed E-state index contributed by atoms with van der Waals surface area (Å²) < 4.78 is 12.1. The van der Waals surface area contributed by atoms with Crippen LogP contribution in [0.2, 0.25) is 5.02 Å². The van der Waals surface area contributed by atoms with E-state index < -0.39 is 0 Å². The molecule has 0 unspecified atom stereocenters. The van der Waals surface area contributed by atoms with Crippen molar-refractivity contribution in [2.24, 2.45) is 0 Å². The molecule has 0 fully saturated rings. The number of fused-ring (bicyclic) bond motifs is 1. The quantitative estimate of drug-likeness (QED) is 0.271. The Balaban J connectivity index is 1.51. The van der Waals surface area contributed by atoms with Gasteiger partial charge in [0.1, 0.15) is 23.9 Å². The molecular weight excluding hydrogens is 446 g/mol. The number of benzene rings is 3. The van der Waals surface area contributed by atoms with Crippen LogP contribution in [0.4, 0.5) is 0 Å². The molecule has 0 amide bonds. The van der Waals surface area contributed by atoms with Gasteiger partial charge in [-0.05, 0) is 49.7 Å². The Morgan fingerprint density at radius 3 is 2.50 bits per heavy atom. The molecule has 0 aliphatic rings. The lowest BCUT2D eigenvalue weighted by Crippen LogP contribution is -2.07. The van der Waals surface area contributed by atoms with E-state index in [9.17, 15) is 0 Å². The fourth-order valence-electron chi connectivity index (χ4n) is 3.75. The highest BCUT2D eigenvalue weighted by Gasteiger charge is 2.16. The molecule has 170 valence electrons. The van der Waals surface area contributed by atoms with Crippen LogP contribution in [0.3, 0.4) is 0 Å². The number of rotatable bonds is 7. The number of hydrogen-bond donors (Lipinski definition) is 1. The van der Waals surface area contributed by atoms with Gasteiger partial charge in [-0.15, -0.1) is 0 Å². The van der Waals surface area contributed by atoms with Crippen LogP contribution in [0.1, 0.15) is 19.4 Å². The van der Waals surface area contributed by atoms with E-state index in [1.54, 1.807) is 6.20 Å². The van der Waals surface area contributed by atoms with E-state index >= 15 is 0 Å². The van der Waals surface area contributed by atoms with Crippen molar-refractivity contribution in [3.05, 3.63) is 95.6 Å². The van der Waals surface area contributed by atoms with Crippen molar-refractivity contribution in [3.63, 3.8) is 0 Å². The van der Waals surface area contributed by atoms with Crippen LogP contribution in [0.25, 0.3) is 33.7 Å². The van der Waals surface area contributed by atoms with Gasteiger partial charge in [-0.3, -0.25) is 0 Å². The lowest BCUT2D eigenvalue weighted by molar-refractivity contribution is 0.242. The fraction of sp³-hybridized carbons (Fsp3) is 0.143. The van der Waals surface area contributed by atoms with Gasteiger partial charge < -0.3 is 14.5 Å². The number of halogens is 1. The summed E-state index contributed by atoms with van der Waals surface area (Å²) >= 11 is 6.39. The smallest absolute Gasteiger partial charge is 0.178 e. The van der Waals surface area contributed by atoms with Crippen molar-refractivity contribution in [3.8, 4) is 34.0 Å². The molecule has 5 aromatic rings. The number of aromatic nitrogens is 3. The SMILES string of the molecule is CC(C)Oc1ccc(OCc2ccccc2)cc1-c1nc2ncc(-c3ccccc3Cl)cc2[nH]1. The second-order valence-corrected chi connectivity index (χ2v) is 8.67. The lowest BCUT2D eigenvalue weighted by atomic mass is 10.1. The molecule has 3 aromatic carbocycles. The van der Waals surface area contributed by atoms with Crippen LogP contribution in [-0.4, -0.2) is 21.1 Å². The topological polar surface area (TPSA) is 60.0 Å². The lowest BCUT2D eigenvalue weighted by Gasteiger charge is -2.15. The first-order chi connectivity index (χ1) is 16.6. The van der Waals surface area contributed by atoms with Gasteiger partial charge in [0.15, 0.2) is 5.65 Å². The van der Waals surface area contributed by atoms with E-state index in [1.165, 1.54) is 0 Å². The average molecular weight is 470 g/mol. The maximum absolute atomic E-state index is 6.39. The van der Waals surface area contributed by atoms with Crippen molar-refractivity contribution in [2.75, 3.05) is 0 Å². The summed E-state index contributed by atoms with van der Waals surface area (Å²) in [6.07, 6.45) is 1.81. The van der Waals surface area contributed by atoms with Gasteiger partial charge in [0, 0.05) is 22.3 Å². The van der Waals surface area contributed by atoms with Crippen molar-refractivity contribution in [2.45, 2.75) is 26.6 Å². The molecular formula is C28H24ClN3O2. The van der Waals surface area contributed by atoms with Gasteiger partial charge in [0.2, 0.25) is 0 Å². The normalized spacial score (nSPS) is 11.2. The molecule has 6 heteroatoms. The van der Waals surface area contributed by atoms with E-state index in [0.717, 1.165) is 39.3 Å². The number of hydrogen-bond acceptors (Lipinski definition) is 4. The van der Waals surface area contributed by atoms with Crippen molar-refractivity contribution >= 4 is 22.8 Å². The number of imidazole rings is 1. The minimum absolute atomic E-state index is 0.0177. The maximum atomic E-state index is 6.39. The summed E-state index contributed by atoms with van der Waals surface area (Å²) in [6.45, 7) is 4.48. The zero-order valence-corrected chi connectivity index (χ0v) is 19.7. The highest BCUT2D eigenvalue weighted by molar-refractivity contribution is 6.33. The molecule has 2 aromatic heterocycles. The van der Waals surface area contributed by atoms with Crippen LogP contribution in [0.5, 0.6) is 11.5 Å². The largest absolute Gasteiger partial charge is 0.490 e. The molecule has 2 heterocycles. The average Bonchev–Trinajstić information content (AvgIpc) is 3.27. The number of aromatic amines is 1. The van der Waals surface area contributed by atoms with Crippen LogP contribution in [0.15, 0.2) is 85.1 Å². The first-order valence-electron chi connectivity index (χ1n) is 11.2. The zero-order chi connectivity index (χ0) is 23.5. The summed E-state index contributed by atoms with van der Waals surface area (Å²) in [5.41, 5.74) is 5.21. The van der Waals surface area contributed by atoms with Gasteiger partial charge >= 0.3 is 0 Å². The van der Waals surface area contributed by atoms with E-state index in [4.69, 9.17) is 26.1 Å². The van der Waals surface area contributed by atoms with E-state index in [1.807, 2.05) is 92.7 Å². The Morgan fingerprint density at radius 1 is 0.912 bits per heavy atom. The minimum atomic E-state index is 0.0177. The Kier molecular flexibility index (Phi) is 6.19. The molecule has 5 rings (SSSR count). The summed E-state index contributed by atoms with van der Waals surface area (Å²) in [6, 6.07) is 25.6. The van der Waals surface area contributed by atoms with E-state index in [0.29, 0.717) is 23.1 Å². The Morgan fingerprint density at radius 2 is 1.71 bits per heavy atom. The van der Waals surface area contributed by atoms with Crippen LogP contribution in [-0.2, 0) is 6.61 Å². The Bertz CT molecular complexity index is 1430. The molecule has 0 radical (unpaired) electrons. The van der Waals surface area contributed by atoms with E-state index in [2.05, 4.69) is 9.97 Å². The number of nitrogens with one attached hydrogen (secondary N) is 1. The summed E-state index contributed by atoms with van der Waals surface area (Å²) in [7, 11) is 0. The predicted molar refractivity (Wildman–Crippen MR) is 136 cm³/mol. The third kappa shape index (κ3) is 4.75. The number of H-pyrrole nitrogens is 1. The van der Waals surface area contributed by atoms with Gasteiger partial charge in [0.25, 0.3) is 0 Å². The van der Waals surface area contributed by atoms with Gasteiger partial charge in [-0.1, -0.05) is 60.1 Å². The third-order valence-electron chi connectivity index (χ3n) is 5.34. The molecule has 5 nitrogen and oxygen atoms in total. The monoisotopic (exact) mass is 469 g/mol. The molecule has 0 spiro atoms. The number of pyridine rings is 1. The standard InChI is InChI=1S/C28H24ClN3O2/c1-18(2)34-26-13-12-21(33-17-19-8-4-3-5-9-19)15-23(26)27-31-25-14-20(16-30-28(25)32-27)22-10-6-7-11-24(22)29/h3-16,18H,17H2,1-2H3,(H,30,31,32). The number of ether oxygens (including phenoxy) is 2. The number of nitrogens with zero attached hydrogens (tertiary/aromatic N) is 2. The van der Waals surface area contributed by atoms with Crippen molar-refractivity contribution < 1.29 is 9.47 Å². The van der Waals surface area contributed by atoms with Gasteiger partial charge in [-0.2, -0.15) is 0 Å². The molecule has 0 saturated heterocycles. The summed E-state index contributed by atoms with van der Waals surface area (Å²) in [4.78, 5) is 12.7. The first-order valence-corrected chi connectivity index (χ1v) is 11.5. The van der Waals surface area contributed by atoms with Gasteiger partial charge in [-0.25, -0.2) is 9.97 Å². The minimum Gasteiger partial charge on any atom is -0.490 e. The predicted octanol–water partition coefficient (Wildman–Crippen LogP) is 7.31. The summed E-state index contributed by atoms with van der Waals surface area (Å²) in [5.74, 6) is 2.13.